The lowest BCUT2D eigenvalue weighted by Crippen LogP contribution is -2.56. The number of anilines is 4. The zero-order chi connectivity index (χ0) is 22.5. The molecule has 0 aliphatic carbocycles. The maximum Gasteiger partial charge on any atom is 0.393 e. The number of piperidine rings is 2. The Kier molecular flexibility index (Phi) is 5.39. The van der Waals surface area contributed by atoms with Crippen LogP contribution in [-0.2, 0) is 0 Å². The van der Waals surface area contributed by atoms with E-state index in [9.17, 15) is 18.0 Å². The van der Waals surface area contributed by atoms with Gasteiger partial charge < -0.3 is 9.80 Å². The Labute approximate surface area is 188 Å². The molecule has 32 heavy (non-hydrogen) atoms. The smallest absolute Gasteiger partial charge is 0.366 e. The third-order valence-corrected chi connectivity index (χ3v) is 7.31. The molecule has 0 radical (unpaired) electrons. The van der Waals surface area contributed by atoms with E-state index < -0.39 is 12.1 Å². The van der Waals surface area contributed by atoms with E-state index in [2.05, 4.69) is 15.2 Å². The van der Waals surface area contributed by atoms with E-state index in [1.54, 1.807) is 15.9 Å². The first kappa shape index (κ1) is 21.3. The van der Waals surface area contributed by atoms with Crippen molar-refractivity contribution in [2.45, 2.75) is 44.8 Å². The molecule has 5 rings (SSSR count). The molecule has 2 unspecified atom stereocenters. The predicted octanol–water partition coefficient (Wildman–Crippen LogP) is 4.65. The molecule has 2 saturated heterocycles. The Balaban J connectivity index is 1.46. The fourth-order valence-corrected chi connectivity index (χ4v) is 5.54. The second-order valence-corrected chi connectivity index (χ2v) is 9.53. The Hall–Kier alpha value is -2.56. The van der Waals surface area contributed by atoms with Crippen molar-refractivity contribution in [1.82, 2.24) is 9.97 Å². The average Bonchev–Trinajstić information content (AvgIpc) is 3.17. The van der Waals surface area contributed by atoms with Crippen LogP contribution in [0.25, 0.3) is 0 Å². The van der Waals surface area contributed by atoms with Gasteiger partial charge in [-0.1, -0.05) is 0 Å². The highest BCUT2D eigenvalue weighted by Crippen LogP contribution is 2.41. The van der Waals surface area contributed by atoms with Crippen molar-refractivity contribution in [3.8, 4) is 0 Å². The van der Waals surface area contributed by atoms with E-state index in [1.165, 1.54) is 11.3 Å². The van der Waals surface area contributed by atoms with Gasteiger partial charge >= 0.3 is 12.2 Å². The Morgan fingerprint density at radius 2 is 1.91 bits per heavy atom. The molecule has 3 aliphatic heterocycles. The van der Waals surface area contributed by atoms with Crippen LogP contribution in [0.3, 0.4) is 0 Å². The summed E-state index contributed by atoms with van der Waals surface area (Å²) in [5.41, 5.74) is 1.68. The molecule has 0 aromatic carbocycles. The van der Waals surface area contributed by atoms with Crippen LogP contribution in [0.5, 0.6) is 0 Å². The van der Waals surface area contributed by atoms with Gasteiger partial charge in [-0.3, -0.25) is 10.2 Å². The highest BCUT2D eigenvalue weighted by molar-refractivity contribution is 7.13. The maximum absolute atomic E-state index is 13.3. The highest BCUT2D eigenvalue weighted by Gasteiger charge is 2.43. The van der Waals surface area contributed by atoms with Crippen molar-refractivity contribution in [2.24, 2.45) is 5.92 Å². The Morgan fingerprint density at radius 3 is 2.66 bits per heavy atom. The van der Waals surface area contributed by atoms with Gasteiger partial charge in [0.2, 0.25) is 0 Å². The number of aryl methyl sites for hydroxylation is 1. The molecule has 2 bridgehead atoms. The van der Waals surface area contributed by atoms with Crippen LogP contribution >= 0.6 is 11.3 Å². The number of carbonyl (C=O) groups is 1. The third kappa shape index (κ3) is 3.98. The van der Waals surface area contributed by atoms with Gasteiger partial charge in [-0.25, -0.2) is 14.8 Å². The summed E-state index contributed by atoms with van der Waals surface area (Å²) in [4.78, 5) is 27.9. The van der Waals surface area contributed by atoms with Gasteiger partial charge in [-0.05, 0) is 44.7 Å². The molecular formula is C21H25F3N6OS. The molecule has 172 valence electrons. The number of amides is 2. The molecular weight excluding hydrogens is 441 g/mol. The number of urea groups is 1. The Morgan fingerprint density at radius 1 is 1.12 bits per heavy atom. The number of rotatable bonds is 2. The molecule has 0 spiro atoms. The number of halogens is 3. The summed E-state index contributed by atoms with van der Waals surface area (Å²) in [6, 6.07) is 3.34. The van der Waals surface area contributed by atoms with Crippen molar-refractivity contribution in [1.29, 1.82) is 0 Å². The van der Waals surface area contributed by atoms with Crippen molar-refractivity contribution in [2.75, 3.05) is 46.2 Å². The van der Waals surface area contributed by atoms with Crippen molar-refractivity contribution < 1.29 is 18.0 Å². The van der Waals surface area contributed by atoms with Gasteiger partial charge in [-0.15, -0.1) is 11.3 Å². The van der Waals surface area contributed by atoms with Crippen LogP contribution < -0.4 is 20.0 Å². The first-order valence-electron chi connectivity index (χ1n) is 10.9. The fourth-order valence-electron chi connectivity index (χ4n) is 4.87. The second-order valence-electron chi connectivity index (χ2n) is 8.68. The quantitative estimate of drug-likeness (QED) is 0.698. The number of alkyl halides is 3. The van der Waals surface area contributed by atoms with Crippen LogP contribution in [0.4, 0.5) is 40.4 Å². The number of fused-ring (bicyclic) bond motifs is 4. The monoisotopic (exact) mass is 466 g/mol. The molecule has 11 heteroatoms. The van der Waals surface area contributed by atoms with Crippen LogP contribution in [0, 0.1) is 12.8 Å². The number of hydrogen-bond acceptors (Lipinski definition) is 6. The maximum atomic E-state index is 13.3. The number of nitrogens with zero attached hydrogens (tertiary/aromatic N) is 5. The summed E-state index contributed by atoms with van der Waals surface area (Å²) in [7, 11) is 0. The van der Waals surface area contributed by atoms with Crippen LogP contribution in [0.2, 0.25) is 0 Å². The van der Waals surface area contributed by atoms with E-state index >= 15 is 0 Å². The summed E-state index contributed by atoms with van der Waals surface area (Å²) in [5.74, 6) is -0.357. The Bertz CT molecular complexity index is 1010. The fraction of sp³-hybridized carbons (Fsp3) is 0.571. The molecule has 3 aliphatic rings. The predicted molar refractivity (Wildman–Crippen MR) is 119 cm³/mol. The van der Waals surface area contributed by atoms with Crippen LogP contribution in [0.1, 0.15) is 31.4 Å². The van der Waals surface area contributed by atoms with Gasteiger partial charge in [0.05, 0.1) is 23.3 Å². The van der Waals surface area contributed by atoms with Crippen LogP contribution in [0.15, 0.2) is 17.5 Å². The first-order valence-corrected chi connectivity index (χ1v) is 11.8. The standard InChI is InChI=1S/C21H25F3N6OS/c1-13-12-32-19(25-13)27-20(31)30-15-5-3-8-28(11-15)16-6-7-17(26-18(16)30)29-9-2-4-14(10-29)21(22,23)24/h6-7,12,14-15H,2-5,8-11H2,1H3,(H,25,27,31). The average molecular weight is 467 g/mol. The topological polar surface area (TPSA) is 64.6 Å². The van der Waals surface area contributed by atoms with E-state index in [0.29, 0.717) is 29.7 Å². The van der Waals surface area contributed by atoms with E-state index in [1.807, 2.05) is 18.4 Å². The number of carbonyl (C=O) groups excluding carboxylic acids is 1. The molecule has 7 nitrogen and oxygen atoms in total. The lowest BCUT2D eigenvalue weighted by atomic mass is 9.97. The van der Waals surface area contributed by atoms with Gasteiger partial charge in [-0.2, -0.15) is 13.2 Å². The minimum atomic E-state index is -4.21. The van der Waals surface area contributed by atoms with E-state index in [0.717, 1.165) is 37.3 Å². The molecule has 2 fully saturated rings. The highest BCUT2D eigenvalue weighted by atomic mass is 32.1. The molecule has 2 amide bonds. The summed E-state index contributed by atoms with van der Waals surface area (Å²) in [6.07, 6.45) is -1.79. The number of thiazole rings is 1. The minimum Gasteiger partial charge on any atom is -0.366 e. The van der Waals surface area contributed by atoms with Crippen molar-refractivity contribution in [3.63, 3.8) is 0 Å². The minimum absolute atomic E-state index is 0.0376. The van der Waals surface area contributed by atoms with Crippen LogP contribution in [-0.4, -0.2) is 54.4 Å². The zero-order valence-corrected chi connectivity index (χ0v) is 18.5. The third-order valence-electron chi connectivity index (χ3n) is 6.43. The molecule has 1 N–H and O–H groups in total. The summed E-state index contributed by atoms with van der Waals surface area (Å²) >= 11 is 1.36. The summed E-state index contributed by atoms with van der Waals surface area (Å²) in [6.45, 7) is 3.88. The molecule has 5 heterocycles. The summed E-state index contributed by atoms with van der Waals surface area (Å²) < 4.78 is 39.9. The SMILES string of the molecule is Cc1csc(NC(=O)N2c3nc(N4CCCC(C(F)(F)F)C4)ccc3N3CCCC2C3)n1. The number of pyridine rings is 1. The molecule has 2 aromatic heterocycles. The lowest BCUT2D eigenvalue weighted by Gasteiger charge is -2.46. The van der Waals surface area contributed by atoms with Gasteiger partial charge in [0.15, 0.2) is 10.9 Å². The van der Waals surface area contributed by atoms with Crippen molar-refractivity contribution >= 4 is 39.8 Å². The van der Waals surface area contributed by atoms with Gasteiger partial charge in [0, 0.05) is 31.6 Å². The zero-order valence-electron chi connectivity index (χ0n) is 17.7. The first-order chi connectivity index (χ1) is 15.3. The molecule has 0 saturated carbocycles. The molecule has 2 atom stereocenters. The number of hydrogen-bond donors (Lipinski definition) is 1. The molecule has 2 aromatic rings. The number of aromatic nitrogens is 2. The largest absolute Gasteiger partial charge is 0.393 e. The second kappa shape index (κ2) is 8.09. The number of nitrogens with one attached hydrogen (secondary N) is 1. The normalized spacial score (nSPS) is 23.2. The lowest BCUT2D eigenvalue weighted by molar-refractivity contribution is -0.176. The van der Waals surface area contributed by atoms with Crippen molar-refractivity contribution in [3.05, 3.63) is 23.2 Å². The van der Waals surface area contributed by atoms with E-state index in [-0.39, 0.29) is 25.0 Å². The van der Waals surface area contributed by atoms with Gasteiger partial charge in [0.25, 0.3) is 0 Å². The van der Waals surface area contributed by atoms with Gasteiger partial charge in [0.1, 0.15) is 5.82 Å². The van der Waals surface area contributed by atoms with E-state index in [4.69, 9.17) is 4.98 Å². The summed E-state index contributed by atoms with van der Waals surface area (Å²) in [5, 5.41) is 5.26.